The Labute approximate surface area is 121 Å². The fourth-order valence-electron chi connectivity index (χ4n) is 3.46. The Morgan fingerprint density at radius 1 is 1.10 bits per heavy atom. The monoisotopic (exact) mass is 269 g/mol. The van der Waals surface area contributed by atoms with Crippen molar-refractivity contribution in [3.8, 4) is 5.82 Å². The quantitative estimate of drug-likeness (QED) is 0.834. The van der Waals surface area contributed by atoms with Gasteiger partial charge >= 0.3 is 0 Å². The SMILES string of the molecule is CCC1(Cc2nccn2-c2ccccn2)CCCCC1. The van der Waals surface area contributed by atoms with Crippen molar-refractivity contribution in [2.45, 2.75) is 51.9 Å². The second-order valence-corrected chi connectivity index (χ2v) is 5.99. The van der Waals surface area contributed by atoms with Gasteiger partial charge < -0.3 is 0 Å². The molecule has 2 aromatic heterocycles. The average Bonchev–Trinajstić information content (AvgIpc) is 2.97. The van der Waals surface area contributed by atoms with E-state index in [0.717, 1.165) is 18.1 Å². The van der Waals surface area contributed by atoms with Crippen LogP contribution in [0, 0.1) is 5.41 Å². The van der Waals surface area contributed by atoms with Gasteiger partial charge in [0.15, 0.2) is 0 Å². The van der Waals surface area contributed by atoms with E-state index in [0.29, 0.717) is 5.41 Å². The normalized spacial score (nSPS) is 18.1. The van der Waals surface area contributed by atoms with Crippen LogP contribution < -0.4 is 0 Å². The first-order valence-electron chi connectivity index (χ1n) is 7.77. The number of nitrogens with zero attached hydrogens (tertiary/aromatic N) is 3. The van der Waals surface area contributed by atoms with Crippen LogP contribution in [0.4, 0.5) is 0 Å². The summed E-state index contributed by atoms with van der Waals surface area (Å²) in [5.41, 5.74) is 0.454. The standard InChI is InChI=1S/C17H23N3/c1-2-17(9-5-3-6-10-17)14-16-19-12-13-20(16)15-8-4-7-11-18-15/h4,7-8,11-13H,2-3,5-6,9-10,14H2,1H3. The first-order chi connectivity index (χ1) is 9.83. The molecule has 0 radical (unpaired) electrons. The van der Waals surface area contributed by atoms with Crippen molar-refractivity contribution in [3.63, 3.8) is 0 Å². The van der Waals surface area contributed by atoms with Gasteiger partial charge in [-0.2, -0.15) is 0 Å². The van der Waals surface area contributed by atoms with Gasteiger partial charge in [-0.05, 0) is 30.4 Å². The number of pyridine rings is 1. The molecular formula is C17H23N3. The fourth-order valence-corrected chi connectivity index (χ4v) is 3.46. The van der Waals surface area contributed by atoms with E-state index in [2.05, 4.69) is 21.5 Å². The largest absolute Gasteiger partial charge is 0.288 e. The number of rotatable bonds is 4. The van der Waals surface area contributed by atoms with Crippen LogP contribution in [0.25, 0.3) is 5.82 Å². The summed E-state index contributed by atoms with van der Waals surface area (Å²) in [5, 5.41) is 0. The van der Waals surface area contributed by atoms with Gasteiger partial charge in [-0.3, -0.25) is 4.57 Å². The fraction of sp³-hybridized carbons (Fsp3) is 0.529. The number of imidazole rings is 1. The molecule has 3 rings (SSSR count). The zero-order valence-corrected chi connectivity index (χ0v) is 12.3. The van der Waals surface area contributed by atoms with Crippen molar-refractivity contribution in [3.05, 3.63) is 42.6 Å². The molecule has 2 aromatic rings. The van der Waals surface area contributed by atoms with E-state index in [1.807, 2.05) is 36.8 Å². The number of hydrogen-bond donors (Lipinski definition) is 0. The smallest absolute Gasteiger partial charge is 0.137 e. The Morgan fingerprint density at radius 3 is 2.65 bits per heavy atom. The molecule has 0 saturated heterocycles. The maximum Gasteiger partial charge on any atom is 0.137 e. The molecule has 3 heteroatoms. The van der Waals surface area contributed by atoms with Gasteiger partial charge in [0.1, 0.15) is 11.6 Å². The Bertz CT molecular complexity index is 538. The molecule has 0 N–H and O–H groups in total. The summed E-state index contributed by atoms with van der Waals surface area (Å²) in [7, 11) is 0. The third-order valence-corrected chi connectivity index (χ3v) is 4.81. The van der Waals surface area contributed by atoms with Gasteiger partial charge in [0.25, 0.3) is 0 Å². The average molecular weight is 269 g/mol. The summed E-state index contributed by atoms with van der Waals surface area (Å²) in [6.07, 6.45) is 14.9. The Kier molecular flexibility index (Phi) is 3.86. The topological polar surface area (TPSA) is 30.7 Å². The molecule has 0 aromatic carbocycles. The maximum atomic E-state index is 4.60. The number of aromatic nitrogens is 3. The van der Waals surface area contributed by atoms with Gasteiger partial charge in [0, 0.05) is 25.0 Å². The Hall–Kier alpha value is -1.64. The Balaban J connectivity index is 1.86. The molecule has 1 aliphatic carbocycles. The molecule has 106 valence electrons. The second-order valence-electron chi connectivity index (χ2n) is 5.99. The van der Waals surface area contributed by atoms with Crippen LogP contribution in [-0.4, -0.2) is 14.5 Å². The molecule has 0 amide bonds. The van der Waals surface area contributed by atoms with Crippen molar-refractivity contribution < 1.29 is 0 Å². The predicted octanol–water partition coefficient (Wildman–Crippen LogP) is 4.17. The molecule has 2 heterocycles. The highest BCUT2D eigenvalue weighted by Crippen LogP contribution is 2.41. The lowest BCUT2D eigenvalue weighted by Crippen LogP contribution is -2.27. The summed E-state index contributed by atoms with van der Waals surface area (Å²) in [4.78, 5) is 9.05. The van der Waals surface area contributed by atoms with Crippen LogP contribution in [0.5, 0.6) is 0 Å². The van der Waals surface area contributed by atoms with Gasteiger partial charge in [0.05, 0.1) is 0 Å². The molecule has 0 spiro atoms. The lowest BCUT2D eigenvalue weighted by atomic mass is 9.70. The predicted molar refractivity (Wildman–Crippen MR) is 80.9 cm³/mol. The first-order valence-corrected chi connectivity index (χ1v) is 7.77. The summed E-state index contributed by atoms with van der Waals surface area (Å²) < 4.78 is 2.14. The van der Waals surface area contributed by atoms with Crippen LogP contribution in [0.15, 0.2) is 36.8 Å². The number of hydrogen-bond acceptors (Lipinski definition) is 2. The van der Waals surface area contributed by atoms with Gasteiger partial charge in [0.2, 0.25) is 0 Å². The van der Waals surface area contributed by atoms with E-state index in [1.165, 1.54) is 38.5 Å². The van der Waals surface area contributed by atoms with Gasteiger partial charge in [-0.15, -0.1) is 0 Å². The van der Waals surface area contributed by atoms with Crippen LogP contribution in [0.3, 0.4) is 0 Å². The lowest BCUT2D eigenvalue weighted by Gasteiger charge is -2.36. The van der Waals surface area contributed by atoms with E-state index < -0.39 is 0 Å². The minimum absolute atomic E-state index is 0.454. The summed E-state index contributed by atoms with van der Waals surface area (Å²) >= 11 is 0. The molecule has 0 bridgehead atoms. The molecule has 1 aliphatic rings. The molecule has 0 unspecified atom stereocenters. The highest BCUT2D eigenvalue weighted by atomic mass is 15.1. The van der Waals surface area contributed by atoms with Crippen molar-refractivity contribution in [2.75, 3.05) is 0 Å². The minimum Gasteiger partial charge on any atom is -0.288 e. The zero-order chi connectivity index (χ0) is 13.8. The third-order valence-electron chi connectivity index (χ3n) is 4.81. The van der Waals surface area contributed by atoms with Crippen LogP contribution >= 0.6 is 0 Å². The van der Waals surface area contributed by atoms with Gasteiger partial charge in [-0.25, -0.2) is 9.97 Å². The summed E-state index contributed by atoms with van der Waals surface area (Å²) in [6, 6.07) is 6.03. The zero-order valence-electron chi connectivity index (χ0n) is 12.3. The van der Waals surface area contributed by atoms with Gasteiger partial charge in [-0.1, -0.05) is 38.7 Å². The Morgan fingerprint density at radius 2 is 1.95 bits per heavy atom. The van der Waals surface area contributed by atoms with Crippen molar-refractivity contribution in [1.82, 2.24) is 14.5 Å². The highest BCUT2D eigenvalue weighted by Gasteiger charge is 2.31. The summed E-state index contributed by atoms with van der Waals surface area (Å²) in [6.45, 7) is 2.33. The van der Waals surface area contributed by atoms with Crippen LogP contribution in [0.1, 0.15) is 51.3 Å². The van der Waals surface area contributed by atoms with Crippen molar-refractivity contribution >= 4 is 0 Å². The summed E-state index contributed by atoms with van der Waals surface area (Å²) in [5.74, 6) is 2.13. The van der Waals surface area contributed by atoms with Crippen LogP contribution in [-0.2, 0) is 6.42 Å². The second kappa shape index (κ2) is 5.78. The van der Waals surface area contributed by atoms with Crippen molar-refractivity contribution in [1.29, 1.82) is 0 Å². The van der Waals surface area contributed by atoms with E-state index in [9.17, 15) is 0 Å². The molecule has 1 fully saturated rings. The first kappa shape index (κ1) is 13.3. The molecular weight excluding hydrogens is 246 g/mol. The molecule has 0 aliphatic heterocycles. The van der Waals surface area contributed by atoms with E-state index in [4.69, 9.17) is 0 Å². The van der Waals surface area contributed by atoms with Crippen LogP contribution in [0.2, 0.25) is 0 Å². The van der Waals surface area contributed by atoms with E-state index >= 15 is 0 Å². The molecule has 3 nitrogen and oxygen atoms in total. The molecule has 20 heavy (non-hydrogen) atoms. The van der Waals surface area contributed by atoms with Crippen molar-refractivity contribution in [2.24, 2.45) is 5.41 Å². The lowest BCUT2D eigenvalue weighted by molar-refractivity contribution is 0.175. The van der Waals surface area contributed by atoms with E-state index in [-0.39, 0.29) is 0 Å². The maximum absolute atomic E-state index is 4.60. The molecule has 0 atom stereocenters. The minimum atomic E-state index is 0.454. The third kappa shape index (κ3) is 2.62. The van der Waals surface area contributed by atoms with E-state index in [1.54, 1.807) is 0 Å². The highest BCUT2D eigenvalue weighted by molar-refractivity contribution is 5.24. The molecule has 1 saturated carbocycles.